The van der Waals surface area contributed by atoms with Crippen LogP contribution >= 0.6 is 0 Å². The highest BCUT2D eigenvalue weighted by molar-refractivity contribution is 7.85. The van der Waals surface area contributed by atoms with E-state index in [-0.39, 0.29) is 17.9 Å². The molecule has 1 aromatic heterocycles. The van der Waals surface area contributed by atoms with E-state index in [1.165, 1.54) is 85.5 Å². The molecule has 74 heavy (non-hydrogen) atoms. The first-order valence-electron chi connectivity index (χ1n) is 26.0. The Morgan fingerprint density at radius 1 is 0.541 bits per heavy atom. The second kappa shape index (κ2) is 32.3. The molecule has 0 unspecified atom stereocenters. The molecule has 2 saturated carbocycles. The SMILES string of the molecule is COC(=O)c1ccc(OCC2CCCCC2)cc1.COC(=O)c1ccc(OCC2CCN(c3ccc(C=O)cn3)CC2)cc1.COC(=O)c1ccc(OCC2CCNCC2)cc1.CS(=O)(=O)OCC1CCCCC1. The van der Waals surface area contributed by atoms with Crippen molar-refractivity contribution < 1.29 is 60.2 Å². The number of benzene rings is 3. The van der Waals surface area contributed by atoms with Crippen molar-refractivity contribution in [1.82, 2.24) is 10.3 Å². The normalized spacial score (nSPS) is 16.5. The number of carbonyl (C=O) groups is 4. The summed E-state index contributed by atoms with van der Waals surface area (Å²) in [6.07, 6.45) is 20.4. The van der Waals surface area contributed by atoms with Crippen LogP contribution in [0.4, 0.5) is 5.82 Å². The van der Waals surface area contributed by atoms with Crippen molar-refractivity contribution in [3.05, 3.63) is 113 Å². The van der Waals surface area contributed by atoms with Crippen LogP contribution in [0.25, 0.3) is 0 Å². The van der Waals surface area contributed by atoms with Crippen molar-refractivity contribution in [2.24, 2.45) is 23.7 Å². The van der Waals surface area contributed by atoms with E-state index in [9.17, 15) is 27.6 Å². The fourth-order valence-corrected chi connectivity index (χ4v) is 9.46. The summed E-state index contributed by atoms with van der Waals surface area (Å²) in [7, 11) is 0.906. The topological polar surface area (TPSA) is 195 Å². The molecular formula is C57H77N3O13S. The summed E-state index contributed by atoms with van der Waals surface area (Å²) in [5, 5.41) is 3.33. The molecule has 4 aliphatic rings. The second-order valence-corrected chi connectivity index (χ2v) is 20.8. The van der Waals surface area contributed by atoms with Gasteiger partial charge in [0.25, 0.3) is 10.1 Å². The second-order valence-electron chi connectivity index (χ2n) is 19.2. The summed E-state index contributed by atoms with van der Waals surface area (Å²) in [4.78, 5) is 51.2. The lowest BCUT2D eigenvalue weighted by Gasteiger charge is -2.32. The zero-order valence-electron chi connectivity index (χ0n) is 43.7. The van der Waals surface area contributed by atoms with Crippen LogP contribution < -0.4 is 24.4 Å². The van der Waals surface area contributed by atoms with Gasteiger partial charge in [0.15, 0.2) is 6.29 Å². The van der Waals surface area contributed by atoms with E-state index in [2.05, 4.69) is 29.4 Å². The molecule has 3 aromatic carbocycles. The molecule has 2 aliphatic carbocycles. The third-order valence-electron chi connectivity index (χ3n) is 13.6. The number of nitrogens with one attached hydrogen (secondary N) is 1. The van der Waals surface area contributed by atoms with Gasteiger partial charge < -0.3 is 38.6 Å². The summed E-state index contributed by atoms with van der Waals surface area (Å²) in [6, 6.07) is 24.9. The highest BCUT2D eigenvalue weighted by Gasteiger charge is 2.22. The van der Waals surface area contributed by atoms with Gasteiger partial charge in [-0.05, 0) is 173 Å². The van der Waals surface area contributed by atoms with E-state index in [1.54, 1.807) is 60.8 Å². The third kappa shape index (κ3) is 21.8. The fraction of sp³-hybridized carbons (Fsp3) is 0.526. The number of carbonyl (C=O) groups excluding carboxylic acids is 4. The number of pyridine rings is 1. The van der Waals surface area contributed by atoms with Crippen LogP contribution in [0, 0.1) is 23.7 Å². The molecule has 0 radical (unpaired) electrons. The number of piperidine rings is 2. The Hall–Kier alpha value is -6.04. The van der Waals surface area contributed by atoms with Gasteiger partial charge in [-0.25, -0.2) is 19.4 Å². The summed E-state index contributed by atoms with van der Waals surface area (Å²) in [5.41, 5.74) is 2.21. The molecule has 0 atom stereocenters. The van der Waals surface area contributed by atoms with E-state index in [0.29, 0.717) is 59.1 Å². The van der Waals surface area contributed by atoms with Crippen molar-refractivity contribution in [1.29, 1.82) is 0 Å². The zero-order valence-corrected chi connectivity index (χ0v) is 44.5. The van der Waals surface area contributed by atoms with E-state index < -0.39 is 10.1 Å². The number of aromatic nitrogens is 1. The van der Waals surface area contributed by atoms with Gasteiger partial charge in [0, 0.05) is 24.8 Å². The molecule has 16 nitrogen and oxygen atoms in total. The van der Waals surface area contributed by atoms with Crippen LogP contribution in [0.2, 0.25) is 0 Å². The number of anilines is 1. The Labute approximate surface area is 438 Å². The minimum absolute atomic E-state index is 0.311. The first-order chi connectivity index (χ1) is 35.9. The van der Waals surface area contributed by atoms with Crippen LogP contribution in [0.15, 0.2) is 91.1 Å². The number of aldehydes is 1. The minimum atomic E-state index is -3.22. The van der Waals surface area contributed by atoms with Crippen LogP contribution in [0.1, 0.15) is 131 Å². The van der Waals surface area contributed by atoms with Crippen molar-refractivity contribution in [2.75, 3.05) is 85.1 Å². The highest BCUT2D eigenvalue weighted by Crippen LogP contribution is 2.27. The molecule has 2 aliphatic heterocycles. The Morgan fingerprint density at radius 3 is 1.27 bits per heavy atom. The number of ether oxygens (including phenoxy) is 6. The lowest BCUT2D eigenvalue weighted by atomic mass is 9.90. The standard InChI is InChI=1S/C20H22N2O4.C15H20O3.C14H19NO3.C8H16O3S/c1-25-20(24)17-3-5-18(6-4-17)26-14-15-8-10-22(11-9-15)19-7-2-16(13-23)12-21-19;1-17-15(16)13-7-9-14(10-8-13)18-11-12-5-3-2-4-6-12;1-17-14(16)12-2-4-13(5-3-12)18-10-11-6-8-15-9-7-11;1-12(9,10)11-7-8-5-3-2-4-6-8/h2-7,12-13,15H,8-11,14H2,1H3;7-10,12H,2-6,11H2,1H3;2-5,11,15H,6-10H2,1H3;8H,2-7H2,1H3. The van der Waals surface area contributed by atoms with Crippen LogP contribution in [0.3, 0.4) is 0 Å². The third-order valence-corrected chi connectivity index (χ3v) is 14.1. The van der Waals surface area contributed by atoms with Crippen LogP contribution in [-0.4, -0.2) is 118 Å². The minimum Gasteiger partial charge on any atom is -0.493 e. The lowest BCUT2D eigenvalue weighted by molar-refractivity contribution is 0.0591. The van der Waals surface area contributed by atoms with Crippen molar-refractivity contribution in [3.63, 3.8) is 0 Å². The molecule has 2 saturated heterocycles. The van der Waals surface area contributed by atoms with Gasteiger partial charge in [-0.15, -0.1) is 0 Å². The molecule has 1 N–H and O–H groups in total. The molecule has 4 aromatic rings. The molecule has 0 spiro atoms. The van der Waals surface area contributed by atoms with E-state index in [0.717, 1.165) is 101 Å². The molecule has 0 bridgehead atoms. The van der Waals surface area contributed by atoms with E-state index in [4.69, 9.17) is 18.4 Å². The first kappa shape index (κ1) is 58.8. The number of rotatable bonds is 17. The number of methoxy groups -OCH3 is 3. The molecule has 3 heterocycles. The van der Waals surface area contributed by atoms with Gasteiger partial charge >= 0.3 is 17.9 Å². The van der Waals surface area contributed by atoms with Gasteiger partial charge in [-0.3, -0.25) is 8.98 Å². The van der Waals surface area contributed by atoms with Gasteiger partial charge in [0.05, 0.1) is 70.7 Å². The Kier molecular flexibility index (Phi) is 25.7. The van der Waals surface area contributed by atoms with Gasteiger partial charge in [-0.1, -0.05) is 38.5 Å². The monoisotopic (exact) mass is 1040 g/mol. The quantitative estimate of drug-likeness (QED) is 0.0454. The fourth-order valence-electron chi connectivity index (χ4n) is 9.02. The Balaban J connectivity index is 0.000000189. The van der Waals surface area contributed by atoms with Crippen molar-refractivity contribution >= 4 is 40.1 Å². The predicted octanol–water partition coefficient (Wildman–Crippen LogP) is 9.80. The molecule has 0 amide bonds. The largest absolute Gasteiger partial charge is 0.493 e. The Morgan fingerprint density at radius 2 is 0.919 bits per heavy atom. The first-order valence-corrected chi connectivity index (χ1v) is 27.8. The van der Waals surface area contributed by atoms with Crippen LogP contribution in [-0.2, 0) is 28.5 Å². The number of hydrogen-bond donors (Lipinski definition) is 1. The molecule has 4 fully saturated rings. The average molecular weight is 1040 g/mol. The average Bonchev–Trinajstić information content (AvgIpc) is 3.46. The summed E-state index contributed by atoms with van der Waals surface area (Å²) in [5.74, 6) is 4.60. The van der Waals surface area contributed by atoms with Crippen LogP contribution in [0.5, 0.6) is 17.2 Å². The molecule has 8 rings (SSSR count). The number of nitrogens with zero attached hydrogens (tertiary/aromatic N) is 2. The van der Waals surface area contributed by atoms with Crippen molar-refractivity contribution in [2.45, 2.75) is 89.9 Å². The van der Waals surface area contributed by atoms with Crippen molar-refractivity contribution in [3.8, 4) is 17.2 Å². The van der Waals surface area contributed by atoms with E-state index >= 15 is 0 Å². The molecule has 17 heteroatoms. The predicted molar refractivity (Wildman–Crippen MR) is 284 cm³/mol. The smallest absolute Gasteiger partial charge is 0.337 e. The maximum absolute atomic E-state index is 11.4. The molecule has 404 valence electrons. The maximum atomic E-state index is 11.4. The number of esters is 3. The highest BCUT2D eigenvalue weighted by atomic mass is 32.2. The molecular weight excluding hydrogens is 967 g/mol. The maximum Gasteiger partial charge on any atom is 0.337 e. The van der Waals surface area contributed by atoms with E-state index in [1.807, 2.05) is 30.3 Å². The Bertz CT molecular complexity index is 2280. The number of hydrogen-bond acceptors (Lipinski definition) is 16. The lowest BCUT2D eigenvalue weighted by Crippen LogP contribution is -2.36. The summed E-state index contributed by atoms with van der Waals surface area (Å²) in [6.45, 7) is 6.58. The van der Waals surface area contributed by atoms with Gasteiger partial charge in [0.2, 0.25) is 0 Å². The summed E-state index contributed by atoms with van der Waals surface area (Å²) >= 11 is 0. The summed E-state index contributed by atoms with van der Waals surface area (Å²) < 4.78 is 57.4. The van der Waals surface area contributed by atoms with Gasteiger partial charge in [-0.2, -0.15) is 8.42 Å². The zero-order chi connectivity index (χ0) is 53.0. The van der Waals surface area contributed by atoms with Gasteiger partial charge in [0.1, 0.15) is 23.1 Å².